The van der Waals surface area contributed by atoms with Gasteiger partial charge < -0.3 is 10.8 Å². The van der Waals surface area contributed by atoms with Gasteiger partial charge in [-0.1, -0.05) is 40.0 Å². The maximum Gasteiger partial charge on any atom is 0.0713 e. The summed E-state index contributed by atoms with van der Waals surface area (Å²) < 4.78 is 0. The van der Waals surface area contributed by atoms with E-state index in [0.29, 0.717) is 18.4 Å². The highest BCUT2D eigenvalue weighted by Crippen LogP contribution is 2.49. The minimum atomic E-state index is -0.620. The van der Waals surface area contributed by atoms with Crippen molar-refractivity contribution < 1.29 is 5.11 Å². The molecule has 0 saturated heterocycles. The molecule has 0 aromatic heterocycles. The third-order valence-corrected chi connectivity index (χ3v) is 5.13. The minimum Gasteiger partial charge on any atom is -0.389 e. The lowest BCUT2D eigenvalue weighted by atomic mass is 9.58. The molecule has 1 saturated carbocycles. The molecule has 16 heavy (non-hydrogen) atoms. The molecule has 1 rings (SSSR count). The van der Waals surface area contributed by atoms with E-state index in [1.165, 1.54) is 12.8 Å². The van der Waals surface area contributed by atoms with Crippen LogP contribution < -0.4 is 5.73 Å². The fourth-order valence-electron chi connectivity index (χ4n) is 3.43. The van der Waals surface area contributed by atoms with Gasteiger partial charge in [-0.25, -0.2) is 0 Å². The molecule has 0 aromatic rings. The summed E-state index contributed by atoms with van der Waals surface area (Å²) in [7, 11) is 0. The van der Waals surface area contributed by atoms with Gasteiger partial charge in [0, 0.05) is 12.0 Å². The summed E-state index contributed by atoms with van der Waals surface area (Å²) in [5, 5.41) is 10.9. The summed E-state index contributed by atoms with van der Waals surface area (Å²) in [5.74, 6) is 1.02. The highest BCUT2D eigenvalue weighted by Gasteiger charge is 2.50. The van der Waals surface area contributed by atoms with Crippen molar-refractivity contribution >= 4 is 0 Å². The van der Waals surface area contributed by atoms with E-state index in [9.17, 15) is 5.11 Å². The maximum absolute atomic E-state index is 10.9. The van der Waals surface area contributed by atoms with Gasteiger partial charge in [0.1, 0.15) is 0 Å². The molecule has 1 fully saturated rings. The lowest BCUT2D eigenvalue weighted by Crippen LogP contribution is -2.56. The van der Waals surface area contributed by atoms with Crippen molar-refractivity contribution in [1.82, 2.24) is 0 Å². The van der Waals surface area contributed by atoms with Crippen LogP contribution >= 0.6 is 0 Å². The van der Waals surface area contributed by atoms with Crippen LogP contribution in [0.15, 0.2) is 0 Å². The molecule has 1 aliphatic carbocycles. The standard InChI is InChI=1S/C14H29NO/c1-5-12(3)13(4,16)14(10-15)8-6-7-11(2)9-14/h11-12,16H,5-10,15H2,1-4H3. The van der Waals surface area contributed by atoms with Gasteiger partial charge >= 0.3 is 0 Å². The lowest BCUT2D eigenvalue weighted by molar-refractivity contribution is -0.129. The number of nitrogens with two attached hydrogens (primary N) is 1. The van der Waals surface area contributed by atoms with Crippen molar-refractivity contribution in [2.24, 2.45) is 23.0 Å². The predicted octanol–water partition coefficient (Wildman–Crippen LogP) is 2.94. The highest BCUT2D eigenvalue weighted by molar-refractivity contribution is 5.01. The second-order valence-electron chi connectivity index (χ2n) is 6.14. The first kappa shape index (κ1) is 14.0. The molecule has 3 N–H and O–H groups in total. The van der Waals surface area contributed by atoms with Crippen molar-refractivity contribution in [2.45, 2.75) is 65.4 Å². The molecule has 0 aromatic carbocycles. The first-order chi connectivity index (χ1) is 7.39. The molecule has 0 aliphatic heterocycles. The van der Waals surface area contributed by atoms with Crippen LogP contribution in [0.3, 0.4) is 0 Å². The van der Waals surface area contributed by atoms with Crippen LogP contribution in [0.25, 0.3) is 0 Å². The van der Waals surface area contributed by atoms with Gasteiger partial charge in [0.25, 0.3) is 0 Å². The fourth-order valence-corrected chi connectivity index (χ4v) is 3.43. The number of hydrogen-bond donors (Lipinski definition) is 2. The van der Waals surface area contributed by atoms with Crippen molar-refractivity contribution in [1.29, 1.82) is 0 Å². The molecule has 0 heterocycles. The van der Waals surface area contributed by atoms with Crippen LogP contribution in [-0.4, -0.2) is 17.3 Å². The molecular weight excluding hydrogens is 198 g/mol. The number of rotatable bonds is 4. The molecule has 4 atom stereocenters. The van der Waals surface area contributed by atoms with E-state index < -0.39 is 5.60 Å². The van der Waals surface area contributed by atoms with Crippen LogP contribution in [0.5, 0.6) is 0 Å². The van der Waals surface area contributed by atoms with Gasteiger partial charge in [-0.2, -0.15) is 0 Å². The van der Waals surface area contributed by atoms with E-state index in [1.54, 1.807) is 0 Å². The smallest absolute Gasteiger partial charge is 0.0713 e. The SMILES string of the molecule is CCC(C)C(C)(O)C1(CN)CCCC(C)C1. The third kappa shape index (κ3) is 2.28. The van der Waals surface area contributed by atoms with Gasteiger partial charge in [0.2, 0.25) is 0 Å². The Hall–Kier alpha value is -0.0800. The summed E-state index contributed by atoms with van der Waals surface area (Å²) >= 11 is 0. The zero-order valence-electron chi connectivity index (χ0n) is 11.4. The molecule has 0 radical (unpaired) electrons. The van der Waals surface area contributed by atoms with Gasteiger partial charge in [-0.3, -0.25) is 0 Å². The van der Waals surface area contributed by atoms with E-state index in [-0.39, 0.29) is 5.41 Å². The summed E-state index contributed by atoms with van der Waals surface area (Å²) in [5.41, 5.74) is 5.34. The Balaban J connectivity index is 2.93. The highest BCUT2D eigenvalue weighted by atomic mass is 16.3. The fraction of sp³-hybridized carbons (Fsp3) is 1.00. The monoisotopic (exact) mass is 227 g/mol. The summed E-state index contributed by atoms with van der Waals surface area (Å²) in [6.07, 6.45) is 5.69. The van der Waals surface area contributed by atoms with Gasteiger partial charge in [-0.15, -0.1) is 0 Å². The van der Waals surface area contributed by atoms with Crippen molar-refractivity contribution in [3.63, 3.8) is 0 Å². The Bertz CT molecular complexity index is 227. The second kappa shape index (κ2) is 5.05. The molecule has 0 spiro atoms. The van der Waals surface area contributed by atoms with Crippen molar-refractivity contribution in [3.8, 4) is 0 Å². The third-order valence-electron chi connectivity index (χ3n) is 5.13. The van der Waals surface area contributed by atoms with Crippen LogP contribution in [0.1, 0.15) is 59.8 Å². The van der Waals surface area contributed by atoms with Crippen LogP contribution in [0.2, 0.25) is 0 Å². The first-order valence-corrected chi connectivity index (χ1v) is 6.82. The molecule has 2 heteroatoms. The van der Waals surface area contributed by atoms with Crippen molar-refractivity contribution in [3.05, 3.63) is 0 Å². The molecule has 0 amide bonds. The summed E-state index contributed by atoms with van der Waals surface area (Å²) in [6, 6.07) is 0. The second-order valence-corrected chi connectivity index (χ2v) is 6.14. The maximum atomic E-state index is 10.9. The summed E-state index contributed by atoms with van der Waals surface area (Å²) in [4.78, 5) is 0. The lowest BCUT2D eigenvalue weighted by Gasteiger charge is -2.51. The Morgan fingerprint density at radius 3 is 2.62 bits per heavy atom. The quantitative estimate of drug-likeness (QED) is 0.775. The van der Waals surface area contributed by atoms with E-state index in [0.717, 1.165) is 19.3 Å². The minimum absolute atomic E-state index is 0.0555. The zero-order chi connectivity index (χ0) is 12.4. The summed E-state index contributed by atoms with van der Waals surface area (Å²) in [6.45, 7) is 9.21. The van der Waals surface area contributed by atoms with Gasteiger partial charge in [0.15, 0.2) is 0 Å². The average molecular weight is 227 g/mol. The van der Waals surface area contributed by atoms with E-state index in [4.69, 9.17) is 5.73 Å². The predicted molar refractivity (Wildman–Crippen MR) is 69.2 cm³/mol. The van der Waals surface area contributed by atoms with Crippen LogP contribution in [-0.2, 0) is 0 Å². The molecular formula is C14H29NO. The Labute approximate surface area is 101 Å². The Kier molecular flexibility index (Phi) is 4.42. The Morgan fingerprint density at radius 1 is 1.56 bits per heavy atom. The van der Waals surface area contributed by atoms with Crippen LogP contribution in [0, 0.1) is 17.3 Å². The van der Waals surface area contributed by atoms with Gasteiger partial charge in [-0.05, 0) is 31.6 Å². The molecule has 96 valence electrons. The number of hydrogen-bond acceptors (Lipinski definition) is 2. The first-order valence-electron chi connectivity index (χ1n) is 6.82. The van der Waals surface area contributed by atoms with E-state index in [1.807, 2.05) is 6.92 Å². The normalized spacial score (nSPS) is 36.8. The topological polar surface area (TPSA) is 46.2 Å². The average Bonchev–Trinajstić information content (AvgIpc) is 2.27. The Morgan fingerprint density at radius 2 is 2.19 bits per heavy atom. The van der Waals surface area contributed by atoms with Gasteiger partial charge in [0.05, 0.1) is 5.60 Å². The molecule has 0 bridgehead atoms. The zero-order valence-corrected chi connectivity index (χ0v) is 11.4. The van der Waals surface area contributed by atoms with Crippen LogP contribution in [0.4, 0.5) is 0 Å². The number of aliphatic hydroxyl groups is 1. The van der Waals surface area contributed by atoms with Crippen molar-refractivity contribution in [2.75, 3.05) is 6.54 Å². The molecule has 2 nitrogen and oxygen atoms in total. The van der Waals surface area contributed by atoms with E-state index in [2.05, 4.69) is 20.8 Å². The molecule has 4 unspecified atom stereocenters. The molecule has 1 aliphatic rings. The van der Waals surface area contributed by atoms with E-state index >= 15 is 0 Å². The largest absolute Gasteiger partial charge is 0.389 e.